The average Bonchev–Trinajstić information content (AvgIpc) is 2.81. The molecule has 1 aliphatic heterocycles. The minimum absolute atomic E-state index is 0.218. The van der Waals surface area contributed by atoms with Crippen molar-refractivity contribution in [2.75, 3.05) is 39.4 Å². The number of hydrogen-bond donors (Lipinski definition) is 0. The van der Waals surface area contributed by atoms with Crippen molar-refractivity contribution < 1.29 is 22.7 Å². The summed E-state index contributed by atoms with van der Waals surface area (Å²) in [5, 5.41) is 0.320. The Labute approximate surface area is 194 Å². The molecule has 1 amide bonds. The second kappa shape index (κ2) is 11.0. The van der Waals surface area contributed by atoms with E-state index in [1.54, 1.807) is 47.4 Å². The van der Waals surface area contributed by atoms with Gasteiger partial charge in [0.25, 0.3) is 5.91 Å². The van der Waals surface area contributed by atoms with Gasteiger partial charge in [0.15, 0.2) is 11.5 Å². The first-order chi connectivity index (χ1) is 15.4. The van der Waals surface area contributed by atoms with Crippen molar-refractivity contribution in [3.8, 4) is 11.5 Å². The summed E-state index contributed by atoms with van der Waals surface area (Å²) in [6, 6.07) is 11.6. The maximum absolute atomic E-state index is 13.1. The van der Waals surface area contributed by atoms with Gasteiger partial charge in [-0.2, -0.15) is 4.31 Å². The van der Waals surface area contributed by atoms with Gasteiger partial charge in [0.1, 0.15) is 0 Å². The Kier molecular flexibility index (Phi) is 8.39. The average molecular weight is 481 g/mol. The van der Waals surface area contributed by atoms with Gasteiger partial charge in [-0.1, -0.05) is 43.1 Å². The van der Waals surface area contributed by atoms with E-state index >= 15 is 0 Å². The van der Waals surface area contributed by atoms with Gasteiger partial charge < -0.3 is 14.4 Å². The molecule has 0 radical (unpaired) electrons. The lowest BCUT2D eigenvalue weighted by Gasteiger charge is -2.34. The molecule has 9 heteroatoms. The zero-order chi connectivity index (χ0) is 23.1. The molecule has 0 spiro atoms. The summed E-state index contributed by atoms with van der Waals surface area (Å²) in [4.78, 5) is 15.0. The van der Waals surface area contributed by atoms with Gasteiger partial charge >= 0.3 is 0 Å². The van der Waals surface area contributed by atoms with E-state index in [-0.39, 0.29) is 23.9 Å². The molecule has 32 heavy (non-hydrogen) atoms. The summed E-state index contributed by atoms with van der Waals surface area (Å²) in [7, 11) is -3.58. The molecule has 2 aromatic carbocycles. The van der Waals surface area contributed by atoms with Crippen LogP contribution in [-0.2, 0) is 10.0 Å². The number of benzene rings is 2. The van der Waals surface area contributed by atoms with Crippen LogP contribution in [0.1, 0.15) is 37.0 Å². The van der Waals surface area contributed by atoms with Crippen molar-refractivity contribution >= 4 is 27.5 Å². The van der Waals surface area contributed by atoms with Gasteiger partial charge in [-0.25, -0.2) is 8.42 Å². The molecule has 7 nitrogen and oxygen atoms in total. The van der Waals surface area contributed by atoms with E-state index in [0.717, 1.165) is 12.8 Å². The Morgan fingerprint density at radius 3 is 2.34 bits per heavy atom. The van der Waals surface area contributed by atoms with Gasteiger partial charge in [-0.05, 0) is 37.6 Å². The topological polar surface area (TPSA) is 76.2 Å². The summed E-state index contributed by atoms with van der Waals surface area (Å²) >= 11 is 6.42. The summed E-state index contributed by atoms with van der Waals surface area (Å²) in [6.07, 6.45) is 1.88. The zero-order valence-corrected chi connectivity index (χ0v) is 20.0. The molecule has 1 aliphatic rings. The molecule has 0 saturated carbocycles. The molecule has 0 atom stereocenters. The molecule has 0 N–H and O–H groups in total. The number of carbonyl (C=O) groups excluding carboxylic acids is 1. The van der Waals surface area contributed by atoms with Crippen LogP contribution >= 0.6 is 11.6 Å². The van der Waals surface area contributed by atoms with Crippen molar-refractivity contribution in [1.82, 2.24) is 9.21 Å². The Balaban J connectivity index is 1.72. The fraction of sp³-hybridized carbons (Fsp3) is 0.435. The highest BCUT2D eigenvalue weighted by Crippen LogP contribution is 2.37. The van der Waals surface area contributed by atoms with Crippen LogP contribution in [0.4, 0.5) is 0 Å². The first-order valence-electron chi connectivity index (χ1n) is 10.8. The molecule has 2 aromatic rings. The Bertz CT molecular complexity index is 1020. The molecular weight excluding hydrogens is 452 g/mol. The van der Waals surface area contributed by atoms with Crippen LogP contribution in [0.5, 0.6) is 11.5 Å². The molecule has 3 rings (SSSR count). The number of nitrogens with zero attached hydrogens (tertiary/aromatic N) is 2. The van der Waals surface area contributed by atoms with Gasteiger partial charge in [0.05, 0.1) is 23.1 Å². The third kappa shape index (κ3) is 5.54. The second-order valence-corrected chi connectivity index (χ2v) is 9.77. The number of hydrogen-bond acceptors (Lipinski definition) is 5. The molecular formula is C23H29ClN2O5S. The molecule has 174 valence electrons. The van der Waals surface area contributed by atoms with Crippen molar-refractivity contribution in [3.63, 3.8) is 0 Å². The lowest BCUT2D eigenvalue weighted by Crippen LogP contribution is -2.50. The van der Waals surface area contributed by atoms with Gasteiger partial charge in [0.2, 0.25) is 10.0 Å². The van der Waals surface area contributed by atoms with Crippen LogP contribution in [0, 0.1) is 0 Å². The number of piperazine rings is 1. The van der Waals surface area contributed by atoms with E-state index in [0.29, 0.717) is 48.4 Å². The normalized spacial score (nSPS) is 14.9. The number of ether oxygens (including phenoxy) is 2. The Morgan fingerprint density at radius 1 is 1.03 bits per heavy atom. The summed E-state index contributed by atoms with van der Waals surface area (Å²) in [6.45, 7) is 5.89. The highest BCUT2D eigenvalue weighted by molar-refractivity contribution is 7.89. The van der Waals surface area contributed by atoms with E-state index in [4.69, 9.17) is 21.1 Å². The Morgan fingerprint density at radius 2 is 1.72 bits per heavy atom. The maximum atomic E-state index is 13.1. The van der Waals surface area contributed by atoms with Crippen LogP contribution in [0.25, 0.3) is 0 Å². The molecule has 0 aromatic heterocycles. The van der Waals surface area contributed by atoms with E-state index in [9.17, 15) is 13.2 Å². The quantitative estimate of drug-likeness (QED) is 0.506. The van der Waals surface area contributed by atoms with Crippen LogP contribution in [0.2, 0.25) is 5.02 Å². The number of carbonyl (C=O) groups is 1. The van der Waals surface area contributed by atoms with Gasteiger partial charge in [-0.3, -0.25) is 4.79 Å². The minimum atomic E-state index is -3.58. The number of unbranched alkanes of at least 4 members (excludes halogenated alkanes) is 1. The third-order valence-corrected chi connectivity index (χ3v) is 7.40. The number of rotatable bonds is 9. The first-order valence-corrected chi connectivity index (χ1v) is 12.6. The molecule has 1 fully saturated rings. The summed E-state index contributed by atoms with van der Waals surface area (Å²) in [5.74, 6) is 0.659. The monoisotopic (exact) mass is 480 g/mol. The van der Waals surface area contributed by atoms with E-state index in [1.807, 2.05) is 6.92 Å². The molecule has 0 aliphatic carbocycles. The lowest BCUT2D eigenvalue weighted by atomic mass is 10.1. The number of sulfonamides is 1. The molecule has 0 unspecified atom stereocenters. The molecule has 1 saturated heterocycles. The summed E-state index contributed by atoms with van der Waals surface area (Å²) in [5.41, 5.74) is 0.389. The van der Waals surface area contributed by atoms with Crippen molar-refractivity contribution in [1.29, 1.82) is 0 Å². The van der Waals surface area contributed by atoms with Crippen LogP contribution in [-0.4, -0.2) is 62.9 Å². The second-order valence-electron chi connectivity index (χ2n) is 7.43. The van der Waals surface area contributed by atoms with Crippen LogP contribution < -0.4 is 9.47 Å². The standard InChI is InChI=1S/C23H29ClN2O5S/c1-3-5-15-31-22-20(24)16-18(17-21(22)30-4-2)23(27)25-11-13-26(14-12-25)32(28,29)19-9-7-6-8-10-19/h6-10,16-17H,3-5,11-15H2,1-2H3. The number of halogens is 1. The fourth-order valence-corrected chi connectivity index (χ4v) is 5.18. The zero-order valence-electron chi connectivity index (χ0n) is 18.4. The highest BCUT2D eigenvalue weighted by Gasteiger charge is 2.31. The predicted octanol–water partition coefficient (Wildman–Crippen LogP) is 4.06. The lowest BCUT2D eigenvalue weighted by molar-refractivity contribution is 0.0697. The fourth-order valence-electron chi connectivity index (χ4n) is 3.47. The Hall–Kier alpha value is -2.29. The van der Waals surface area contributed by atoms with Gasteiger partial charge in [-0.15, -0.1) is 0 Å². The first kappa shape index (κ1) is 24.4. The maximum Gasteiger partial charge on any atom is 0.254 e. The van der Waals surface area contributed by atoms with E-state index in [2.05, 4.69) is 6.92 Å². The smallest absolute Gasteiger partial charge is 0.254 e. The molecule has 0 bridgehead atoms. The largest absolute Gasteiger partial charge is 0.490 e. The van der Waals surface area contributed by atoms with E-state index < -0.39 is 10.0 Å². The molecule has 1 heterocycles. The van der Waals surface area contributed by atoms with Crippen molar-refractivity contribution in [2.24, 2.45) is 0 Å². The van der Waals surface area contributed by atoms with Crippen molar-refractivity contribution in [3.05, 3.63) is 53.1 Å². The highest BCUT2D eigenvalue weighted by atomic mass is 35.5. The number of amides is 1. The minimum Gasteiger partial charge on any atom is -0.490 e. The van der Waals surface area contributed by atoms with E-state index in [1.165, 1.54) is 4.31 Å². The van der Waals surface area contributed by atoms with Gasteiger partial charge in [0, 0.05) is 31.7 Å². The SMILES string of the molecule is CCCCOc1c(Cl)cc(C(=O)N2CCN(S(=O)(=O)c3ccccc3)CC2)cc1OCC. The predicted molar refractivity (Wildman–Crippen MR) is 124 cm³/mol. The van der Waals surface area contributed by atoms with Crippen molar-refractivity contribution in [2.45, 2.75) is 31.6 Å². The van der Waals surface area contributed by atoms with Crippen LogP contribution in [0.3, 0.4) is 0 Å². The van der Waals surface area contributed by atoms with Crippen LogP contribution in [0.15, 0.2) is 47.4 Å². The summed E-state index contributed by atoms with van der Waals surface area (Å²) < 4.78 is 38.5. The third-order valence-electron chi connectivity index (χ3n) is 5.21.